The van der Waals surface area contributed by atoms with Gasteiger partial charge in [0.15, 0.2) is 0 Å². The molecular formula is C23H23Cl3N4. The highest BCUT2D eigenvalue weighted by atomic mass is 35.5. The van der Waals surface area contributed by atoms with Crippen molar-refractivity contribution in [2.45, 2.75) is 38.6 Å². The van der Waals surface area contributed by atoms with Gasteiger partial charge in [-0.3, -0.25) is 0 Å². The molecule has 1 aliphatic carbocycles. The van der Waals surface area contributed by atoms with Gasteiger partial charge in [-0.05, 0) is 61.6 Å². The lowest BCUT2D eigenvalue weighted by atomic mass is 9.89. The van der Waals surface area contributed by atoms with E-state index in [4.69, 9.17) is 39.9 Å². The van der Waals surface area contributed by atoms with Crippen LogP contribution >= 0.6 is 34.8 Å². The molecule has 1 aliphatic heterocycles. The van der Waals surface area contributed by atoms with Crippen LogP contribution in [-0.4, -0.2) is 27.9 Å². The summed E-state index contributed by atoms with van der Waals surface area (Å²) in [7, 11) is 0. The van der Waals surface area contributed by atoms with E-state index < -0.39 is 0 Å². The molecule has 1 aromatic heterocycles. The predicted molar refractivity (Wildman–Crippen MR) is 124 cm³/mol. The van der Waals surface area contributed by atoms with Crippen LogP contribution in [0.15, 0.2) is 36.4 Å². The molecule has 2 aliphatic rings. The van der Waals surface area contributed by atoms with E-state index >= 15 is 0 Å². The first-order chi connectivity index (χ1) is 14.6. The zero-order valence-corrected chi connectivity index (χ0v) is 18.9. The number of fused-ring (bicyclic) bond motifs is 3. The van der Waals surface area contributed by atoms with Gasteiger partial charge in [0.25, 0.3) is 0 Å². The third kappa shape index (κ3) is 3.88. The maximum Gasteiger partial charge on any atom is 0.0840 e. The summed E-state index contributed by atoms with van der Waals surface area (Å²) in [6.07, 6.45) is 5.70. The molecule has 7 heteroatoms. The smallest absolute Gasteiger partial charge is 0.0840 e. The van der Waals surface area contributed by atoms with Crippen LogP contribution < -0.4 is 5.43 Å². The number of aryl methyl sites for hydroxylation is 1. The van der Waals surface area contributed by atoms with Crippen molar-refractivity contribution >= 4 is 34.8 Å². The van der Waals surface area contributed by atoms with E-state index in [0.717, 1.165) is 48.0 Å². The maximum absolute atomic E-state index is 6.58. The van der Waals surface area contributed by atoms with E-state index in [1.165, 1.54) is 36.0 Å². The van der Waals surface area contributed by atoms with Crippen molar-refractivity contribution in [1.29, 1.82) is 0 Å². The predicted octanol–water partition coefficient (Wildman–Crippen LogP) is 6.09. The number of halogens is 3. The van der Waals surface area contributed by atoms with Crippen molar-refractivity contribution in [3.05, 3.63) is 68.3 Å². The van der Waals surface area contributed by atoms with E-state index in [0.29, 0.717) is 16.6 Å². The lowest BCUT2D eigenvalue weighted by molar-refractivity contribution is 0.150. The van der Waals surface area contributed by atoms with Gasteiger partial charge in [-0.2, -0.15) is 5.10 Å². The van der Waals surface area contributed by atoms with Crippen molar-refractivity contribution in [2.24, 2.45) is 0 Å². The average Bonchev–Trinajstić information content (AvgIpc) is 3.11. The fraction of sp³-hybridized carbons (Fsp3) is 0.348. The average molecular weight is 462 g/mol. The number of aromatic nitrogens is 2. The van der Waals surface area contributed by atoms with Gasteiger partial charge >= 0.3 is 0 Å². The minimum Gasteiger partial charge on any atom is -0.249 e. The van der Waals surface area contributed by atoms with Gasteiger partial charge in [-0.25, -0.2) is 15.1 Å². The third-order valence-corrected chi connectivity index (χ3v) is 6.77. The summed E-state index contributed by atoms with van der Waals surface area (Å²) in [5, 5.41) is 9.31. The first-order valence-corrected chi connectivity index (χ1v) is 11.6. The maximum atomic E-state index is 6.58. The fourth-order valence-electron chi connectivity index (χ4n) is 4.50. The van der Waals surface area contributed by atoms with E-state index in [-0.39, 0.29) is 0 Å². The summed E-state index contributed by atoms with van der Waals surface area (Å²) < 4.78 is 1.98. The number of hydrogen-bond donors (Lipinski definition) is 1. The molecule has 0 bridgehead atoms. The molecule has 3 aromatic rings. The molecule has 1 saturated heterocycles. The molecule has 1 N–H and O–H groups in total. The number of hydrazine groups is 1. The van der Waals surface area contributed by atoms with Crippen LogP contribution in [0, 0.1) is 0 Å². The molecule has 4 nitrogen and oxygen atoms in total. The summed E-state index contributed by atoms with van der Waals surface area (Å²) in [6, 6.07) is 11.7. The highest BCUT2D eigenvalue weighted by molar-refractivity contribution is 6.35. The fourth-order valence-corrected chi connectivity index (χ4v) is 5.19. The lowest BCUT2D eigenvalue weighted by Crippen LogP contribution is -2.41. The highest BCUT2D eigenvalue weighted by Gasteiger charge is 2.27. The Morgan fingerprint density at radius 3 is 2.47 bits per heavy atom. The van der Waals surface area contributed by atoms with Crippen molar-refractivity contribution in [1.82, 2.24) is 20.2 Å². The second-order valence-electron chi connectivity index (χ2n) is 7.97. The first kappa shape index (κ1) is 20.3. The molecule has 0 radical (unpaired) electrons. The molecule has 2 heterocycles. The number of nitrogens with one attached hydrogen (secondary N) is 1. The first-order valence-electron chi connectivity index (χ1n) is 10.4. The number of nitrogens with zero attached hydrogens (tertiary/aromatic N) is 3. The van der Waals surface area contributed by atoms with Crippen LogP contribution in [0.4, 0.5) is 0 Å². The van der Waals surface area contributed by atoms with Crippen LogP contribution in [0.2, 0.25) is 15.1 Å². The molecule has 5 rings (SSSR count). The Kier molecular flexibility index (Phi) is 5.78. The summed E-state index contributed by atoms with van der Waals surface area (Å²) in [5.74, 6) is 0. The lowest BCUT2D eigenvalue weighted by Gasteiger charge is -2.27. The Morgan fingerprint density at radius 2 is 1.67 bits per heavy atom. The standard InChI is InChI=1S/C23H23Cl3N4/c24-16-5-8-18-15(12-16)4-7-19-21(14-27-29-10-2-1-3-11-29)28-30(23(18)19)22-9-6-17(25)13-20(22)26/h5-6,8-9,12-13,27H,1-4,7,10-11,14H2. The topological polar surface area (TPSA) is 33.1 Å². The monoisotopic (exact) mass is 460 g/mol. The van der Waals surface area contributed by atoms with Crippen molar-refractivity contribution in [2.75, 3.05) is 13.1 Å². The molecule has 0 amide bonds. The number of piperidine rings is 1. The second kappa shape index (κ2) is 8.52. The van der Waals surface area contributed by atoms with Gasteiger partial charge < -0.3 is 0 Å². The number of benzene rings is 2. The summed E-state index contributed by atoms with van der Waals surface area (Å²) in [5.41, 5.74) is 10.3. The van der Waals surface area contributed by atoms with Gasteiger partial charge in [0.2, 0.25) is 0 Å². The van der Waals surface area contributed by atoms with Crippen LogP contribution in [0.5, 0.6) is 0 Å². The van der Waals surface area contributed by atoms with Crippen LogP contribution in [0.3, 0.4) is 0 Å². The van der Waals surface area contributed by atoms with Crippen molar-refractivity contribution in [3.8, 4) is 16.9 Å². The van der Waals surface area contributed by atoms with E-state index in [1.54, 1.807) is 6.07 Å². The molecule has 30 heavy (non-hydrogen) atoms. The quantitative estimate of drug-likeness (QED) is 0.510. The minimum absolute atomic E-state index is 0.587. The molecule has 0 spiro atoms. The number of hydrogen-bond acceptors (Lipinski definition) is 3. The van der Waals surface area contributed by atoms with E-state index in [9.17, 15) is 0 Å². The Hall–Kier alpha value is -1.56. The summed E-state index contributed by atoms with van der Waals surface area (Å²) in [6.45, 7) is 2.89. The van der Waals surface area contributed by atoms with Crippen LogP contribution in [0.25, 0.3) is 16.9 Å². The Labute approximate surface area is 191 Å². The molecule has 0 unspecified atom stereocenters. The molecule has 2 aromatic carbocycles. The number of rotatable bonds is 4. The Balaban J connectivity index is 1.59. The largest absolute Gasteiger partial charge is 0.249 e. The van der Waals surface area contributed by atoms with Crippen LogP contribution in [0.1, 0.15) is 36.1 Å². The zero-order chi connectivity index (χ0) is 20.7. The highest BCUT2D eigenvalue weighted by Crippen LogP contribution is 2.39. The summed E-state index contributed by atoms with van der Waals surface area (Å²) in [4.78, 5) is 0. The molecule has 1 fully saturated rings. The zero-order valence-electron chi connectivity index (χ0n) is 16.6. The van der Waals surface area contributed by atoms with Gasteiger partial charge in [0.05, 0.1) is 28.6 Å². The van der Waals surface area contributed by atoms with Gasteiger partial charge in [0.1, 0.15) is 0 Å². The second-order valence-corrected chi connectivity index (χ2v) is 9.25. The van der Waals surface area contributed by atoms with Gasteiger partial charge in [0, 0.05) is 34.3 Å². The molecule has 0 saturated carbocycles. The Bertz CT molecular complexity index is 1090. The minimum atomic E-state index is 0.587. The SMILES string of the molecule is Clc1ccc(-n2nc(CNN3CCCCC3)c3c2-c2ccc(Cl)cc2CC3)c(Cl)c1. The summed E-state index contributed by atoms with van der Waals surface area (Å²) >= 11 is 19.0. The van der Waals surface area contributed by atoms with E-state index in [2.05, 4.69) is 22.6 Å². The van der Waals surface area contributed by atoms with Gasteiger partial charge in [-0.15, -0.1) is 0 Å². The van der Waals surface area contributed by atoms with Crippen molar-refractivity contribution in [3.63, 3.8) is 0 Å². The Morgan fingerprint density at radius 1 is 0.900 bits per heavy atom. The van der Waals surface area contributed by atoms with Crippen LogP contribution in [-0.2, 0) is 19.4 Å². The van der Waals surface area contributed by atoms with Gasteiger partial charge in [-0.1, -0.05) is 47.3 Å². The molecule has 156 valence electrons. The van der Waals surface area contributed by atoms with E-state index in [1.807, 2.05) is 22.9 Å². The molecule has 0 atom stereocenters. The van der Waals surface area contributed by atoms with Crippen molar-refractivity contribution < 1.29 is 0 Å². The normalized spacial score (nSPS) is 16.4. The third-order valence-electron chi connectivity index (χ3n) is 6.00. The molecular weight excluding hydrogens is 439 g/mol.